The summed E-state index contributed by atoms with van der Waals surface area (Å²) in [6, 6.07) is 16.3. The molecule has 34 heavy (non-hydrogen) atoms. The number of hydrogen-bond donors (Lipinski definition) is 3. The maximum Gasteiger partial charge on any atom is 0.407 e. The second kappa shape index (κ2) is 9.46. The van der Waals surface area contributed by atoms with Gasteiger partial charge in [-0.25, -0.2) is 4.79 Å². The molecule has 178 valence electrons. The smallest absolute Gasteiger partial charge is 0.407 e. The van der Waals surface area contributed by atoms with Crippen molar-refractivity contribution in [2.75, 3.05) is 19.7 Å². The fourth-order valence-corrected chi connectivity index (χ4v) is 5.02. The molecule has 0 radical (unpaired) electrons. The minimum absolute atomic E-state index is 0.00106. The van der Waals surface area contributed by atoms with E-state index in [9.17, 15) is 14.4 Å². The third-order valence-electron chi connectivity index (χ3n) is 7.00. The lowest BCUT2D eigenvalue weighted by Crippen LogP contribution is -2.38. The monoisotopic (exact) mass is 464 g/mol. The quantitative estimate of drug-likeness (QED) is 0.554. The summed E-state index contributed by atoms with van der Waals surface area (Å²) in [5.41, 5.74) is 4.67. The molecule has 1 heterocycles. The second-order valence-corrected chi connectivity index (χ2v) is 9.22. The van der Waals surface area contributed by atoms with Gasteiger partial charge in [0.15, 0.2) is 0 Å². The molecule has 8 nitrogen and oxygen atoms in total. The predicted octanol–water partition coefficient (Wildman–Crippen LogP) is 2.91. The Morgan fingerprint density at radius 3 is 2.26 bits per heavy atom. The van der Waals surface area contributed by atoms with Crippen LogP contribution in [0.1, 0.15) is 36.3 Å². The SMILES string of the molecule is O=C(NCC1CCC(C(=O)NC[C@@H]2C[C@@H]2C(=O)O)O1)OCC1c2ccccc2-c2ccccc21. The van der Waals surface area contributed by atoms with Gasteiger partial charge in [-0.15, -0.1) is 0 Å². The van der Waals surface area contributed by atoms with Crippen molar-refractivity contribution in [2.45, 2.75) is 37.4 Å². The van der Waals surface area contributed by atoms with E-state index >= 15 is 0 Å². The van der Waals surface area contributed by atoms with Gasteiger partial charge < -0.3 is 25.2 Å². The van der Waals surface area contributed by atoms with E-state index in [-0.39, 0.29) is 42.9 Å². The summed E-state index contributed by atoms with van der Waals surface area (Å²) < 4.78 is 11.3. The first-order chi connectivity index (χ1) is 16.5. The van der Waals surface area contributed by atoms with Gasteiger partial charge in [0.1, 0.15) is 12.7 Å². The number of rotatable bonds is 8. The van der Waals surface area contributed by atoms with Crippen LogP contribution in [0.2, 0.25) is 0 Å². The molecular weight excluding hydrogens is 436 g/mol. The molecule has 2 unspecified atom stereocenters. The highest BCUT2D eigenvalue weighted by atomic mass is 16.5. The summed E-state index contributed by atoms with van der Waals surface area (Å²) in [6.07, 6.45) is 0.485. The Labute approximate surface area is 197 Å². The van der Waals surface area contributed by atoms with Gasteiger partial charge in [0.05, 0.1) is 12.0 Å². The number of carboxylic acid groups (broad SMARTS) is 1. The first-order valence-corrected chi connectivity index (χ1v) is 11.8. The van der Waals surface area contributed by atoms with Crippen LogP contribution in [0.3, 0.4) is 0 Å². The number of hydrogen-bond acceptors (Lipinski definition) is 5. The number of carbonyl (C=O) groups excluding carboxylic acids is 2. The van der Waals surface area contributed by atoms with Crippen molar-refractivity contribution in [3.63, 3.8) is 0 Å². The van der Waals surface area contributed by atoms with Gasteiger partial charge in [-0.3, -0.25) is 9.59 Å². The largest absolute Gasteiger partial charge is 0.481 e. The van der Waals surface area contributed by atoms with Gasteiger partial charge >= 0.3 is 12.1 Å². The number of nitrogens with one attached hydrogen (secondary N) is 2. The van der Waals surface area contributed by atoms with Crippen LogP contribution >= 0.6 is 0 Å². The molecule has 2 amide bonds. The lowest BCUT2D eigenvalue weighted by atomic mass is 9.98. The van der Waals surface area contributed by atoms with Crippen molar-refractivity contribution in [2.24, 2.45) is 11.8 Å². The molecule has 3 N–H and O–H groups in total. The molecule has 1 aliphatic heterocycles. The predicted molar refractivity (Wildman–Crippen MR) is 123 cm³/mol. The van der Waals surface area contributed by atoms with Crippen molar-refractivity contribution < 1.29 is 29.0 Å². The molecule has 1 saturated carbocycles. The summed E-state index contributed by atoms with van der Waals surface area (Å²) in [4.78, 5) is 35.5. The zero-order valence-corrected chi connectivity index (χ0v) is 18.7. The van der Waals surface area contributed by atoms with Crippen LogP contribution in [-0.4, -0.2) is 55.0 Å². The van der Waals surface area contributed by atoms with Gasteiger partial charge in [0.25, 0.3) is 0 Å². The topological polar surface area (TPSA) is 114 Å². The van der Waals surface area contributed by atoms with Crippen LogP contribution in [0, 0.1) is 11.8 Å². The molecule has 2 fully saturated rings. The van der Waals surface area contributed by atoms with Gasteiger partial charge in [-0.05, 0) is 47.4 Å². The molecule has 2 aromatic carbocycles. The molecule has 5 rings (SSSR count). The Balaban J connectivity index is 1.05. The molecule has 1 saturated heterocycles. The zero-order valence-electron chi connectivity index (χ0n) is 18.7. The summed E-state index contributed by atoms with van der Waals surface area (Å²) in [5, 5.41) is 14.5. The Morgan fingerprint density at radius 1 is 0.941 bits per heavy atom. The van der Waals surface area contributed by atoms with E-state index in [1.165, 1.54) is 11.1 Å². The lowest BCUT2D eigenvalue weighted by Gasteiger charge is -2.16. The first kappa shape index (κ1) is 22.4. The second-order valence-electron chi connectivity index (χ2n) is 9.22. The van der Waals surface area contributed by atoms with Crippen LogP contribution in [0.25, 0.3) is 11.1 Å². The standard InChI is InChI=1S/C26H28N2O6/c29-24(27-12-15-11-21(15)25(30)31)23-10-9-16(34-23)13-28-26(32)33-14-22-19-7-3-1-5-17(19)18-6-2-4-8-20(18)22/h1-8,15-16,21-23H,9-14H2,(H,27,29)(H,28,32)(H,30,31)/t15-,16?,21-,23?/m0/s1. The van der Waals surface area contributed by atoms with Crippen LogP contribution in [0.4, 0.5) is 4.79 Å². The van der Waals surface area contributed by atoms with E-state index in [1.54, 1.807) is 0 Å². The molecule has 0 bridgehead atoms. The van der Waals surface area contributed by atoms with Crippen LogP contribution in [0.15, 0.2) is 48.5 Å². The fourth-order valence-electron chi connectivity index (χ4n) is 5.02. The summed E-state index contributed by atoms with van der Waals surface area (Å²) in [5.74, 6) is -1.37. The molecule has 0 spiro atoms. The molecule has 4 atom stereocenters. The lowest BCUT2D eigenvalue weighted by molar-refractivity contribution is -0.139. The van der Waals surface area contributed by atoms with E-state index in [4.69, 9.17) is 14.6 Å². The van der Waals surface area contributed by atoms with Crippen molar-refractivity contribution in [3.05, 3.63) is 59.7 Å². The van der Waals surface area contributed by atoms with E-state index in [0.29, 0.717) is 25.8 Å². The highest BCUT2D eigenvalue weighted by molar-refractivity contribution is 5.81. The van der Waals surface area contributed by atoms with E-state index in [2.05, 4.69) is 34.9 Å². The molecule has 8 heteroatoms. The highest BCUT2D eigenvalue weighted by Crippen LogP contribution is 2.44. The van der Waals surface area contributed by atoms with E-state index < -0.39 is 18.2 Å². The van der Waals surface area contributed by atoms with Crippen molar-refractivity contribution in [3.8, 4) is 11.1 Å². The maximum absolute atomic E-state index is 12.3. The number of fused-ring (bicyclic) bond motifs is 3. The minimum Gasteiger partial charge on any atom is -0.481 e. The molecule has 3 aliphatic rings. The van der Waals surface area contributed by atoms with Gasteiger partial charge in [-0.1, -0.05) is 48.5 Å². The molecule has 0 aromatic heterocycles. The number of amides is 2. The Kier molecular flexibility index (Phi) is 6.24. The number of ether oxygens (including phenoxy) is 2. The van der Waals surface area contributed by atoms with Crippen molar-refractivity contribution in [1.82, 2.24) is 10.6 Å². The van der Waals surface area contributed by atoms with Gasteiger partial charge in [-0.2, -0.15) is 0 Å². The normalized spacial score (nSPS) is 24.7. The van der Waals surface area contributed by atoms with Crippen LogP contribution < -0.4 is 10.6 Å². The van der Waals surface area contributed by atoms with E-state index in [0.717, 1.165) is 11.1 Å². The Morgan fingerprint density at radius 2 is 1.62 bits per heavy atom. The third-order valence-corrected chi connectivity index (χ3v) is 7.00. The number of alkyl carbamates (subject to hydrolysis) is 1. The average Bonchev–Trinajstić information content (AvgIpc) is 3.36. The summed E-state index contributed by atoms with van der Waals surface area (Å²) >= 11 is 0. The summed E-state index contributed by atoms with van der Waals surface area (Å²) in [7, 11) is 0. The van der Waals surface area contributed by atoms with Gasteiger partial charge in [0, 0.05) is 19.0 Å². The number of benzene rings is 2. The van der Waals surface area contributed by atoms with E-state index in [1.807, 2.05) is 24.3 Å². The average molecular weight is 465 g/mol. The zero-order chi connectivity index (χ0) is 23.7. The Hall–Kier alpha value is -3.39. The summed E-state index contributed by atoms with van der Waals surface area (Å²) in [6.45, 7) is 0.872. The molecule has 2 aliphatic carbocycles. The number of carbonyl (C=O) groups is 3. The van der Waals surface area contributed by atoms with Crippen LogP contribution in [0.5, 0.6) is 0 Å². The minimum atomic E-state index is -0.810. The Bertz CT molecular complexity index is 1060. The number of aliphatic carboxylic acids is 1. The fraction of sp³-hybridized carbons (Fsp3) is 0.423. The van der Waals surface area contributed by atoms with Gasteiger partial charge in [0.2, 0.25) is 5.91 Å². The molecule has 2 aromatic rings. The third kappa shape index (κ3) is 4.63. The first-order valence-electron chi connectivity index (χ1n) is 11.8. The number of carboxylic acids is 1. The van der Waals surface area contributed by atoms with Crippen LogP contribution in [-0.2, 0) is 19.1 Å². The van der Waals surface area contributed by atoms with Crippen molar-refractivity contribution in [1.29, 1.82) is 0 Å². The highest BCUT2D eigenvalue weighted by Gasteiger charge is 2.43. The van der Waals surface area contributed by atoms with Crippen molar-refractivity contribution >= 4 is 18.0 Å². The maximum atomic E-state index is 12.3. The molecular formula is C26H28N2O6.